The van der Waals surface area contributed by atoms with E-state index in [2.05, 4.69) is 4.98 Å². The summed E-state index contributed by atoms with van der Waals surface area (Å²) in [4.78, 5) is 31.0. The summed E-state index contributed by atoms with van der Waals surface area (Å²) in [5.74, 6) is 0.198. The average molecular weight is 418 g/mol. The maximum atomic E-state index is 13.4. The molecule has 0 radical (unpaired) electrons. The summed E-state index contributed by atoms with van der Waals surface area (Å²) in [6.45, 7) is 5.12. The van der Waals surface area contributed by atoms with Crippen molar-refractivity contribution in [1.29, 1.82) is 0 Å². The molecular weight excluding hydrogens is 392 g/mol. The summed E-state index contributed by atoms with van der Waals surface area (Å²) < 4.78 is 10.7. The van der Waals surface area contributed by atoms with Gasteiger partial charge in [0.05, 0.1) is 25.3 Å². The lowest BCUT2D eigenvalue weighted by atomic mass is 10.1. The summed E-state index contributed by atoms with van der Waals surface area (Å²) in [5.41, 5.74) is 2.62. The number of aromatic nitrogens is 1. The Balaban J connectivity index is 1.87. The number of benzene rings is 2. The van der Waals surface area contributed by atoms with Crippen molar-refractivity contribution in [2.75, 3.05) is 18.1 Å². The third-order valence-corrected chi connectivity index (χ3v) is 4.60. The molecule has 0 unspecified atom stereocenters. The number of pyridine rings is 1. The molecule has 0 bridgehead atoms. The highest BCUT2D eigenvalue weighted by Crippen LogP contribution is 2.22. The second-order valence-electron chi connectivity index (χ2n) is 6.89. The van der Waals surface area contributed by atoms with Gasteiger partial charge in [-0.05, 0) is 79.6 Å². The third kappa shape index (κ3) is 5.92. The molecule has 1 heterocycles. The first-order chi connectivity index (χ1) is 15.1. The molecule has 0 aliphatic carbocycles. The van der Waals surface area contributed by atoms with Gasteiger partial charge in [-0.15, -0.1) is 0 Å². The van der Waals surface area contributed by atoms with E-state index in [9.17, 15) is 9.59 Å². The van der Waals surface area contributed by atoms with Crippen molar-refractivity contribution in [1.82, 2.24) is 4.98 Å². The highest BCUT2D eigenvalue weighted by molar-refractivity contribution is 6.06. The number of hydrogen-bond acceptors (Lipinski definition) is 5. The molecule has 0 N–H and O–H groups in total. The van der Waals surface area contributed by atoms with Crippen LogP contribution in [0.2, 0.25) is 0 Å². The molecule has 6 heteroatoms. The summed E-state index contributed by atoms with van der Waals surface area (Å²) >= 11 is 0. The first-order valence-electron chi connectivity index (χ1n) is 10.3. The average Bonchev–Trinajstić information content (AvgIpc) is 2.82. The van der Waals surface area contributed by atoms with Crippen molar-refractivity contribution < 1.29 is 19.1 Å². The number of amides is 1. The van der Waals surface area contributed by atoms with E-state index in [1.54, 1.807) is 72.7 Å². The van der Waals surface area contributed by atoms with Crippen molar-refractivity contribution in [3.8, 4) is 5.75 Å². The zero-order valence-electron chi connectivity index (χ0n) is 17.8. The van der Waals surface area contributed by atoms with Gasteiger partial charge in [0, 0.05) is 23.6 Å². The van der Waals surface area contributed by atoms with E-state index >= 15 is 0 Å². The number of ether oxygens (including phenoxy) is 2. The fourth-order valence-corrected chi connectivity index (χ4v) is 3.01. The van der Waals surface area contributed by atoms with Crippen molar-refractivity contribution in [3.05, 3.63) is 89.7 Å². The van der Waals surface area contributed by atoms with Crippen LogP contribution in [0.15, 0.2) is 73.1 Å². The summed E-state index contributed by atoms with van der Waals surface area (Å²) in [7, 11) is 0. The lowest BCUT2D eigenvalue weighted by molar-refractivity contribution is 0.0526. The zero-order chi connectivity index (χ0) is 22.1. The Labute approximate surface area is 182 Å². The molecule has 0 aliphatic rings. The molecule has 1 amide bonds. The van der Waals surface area contributed by atoms with Crippen LogP contribution in [0.5, 0.6) is 5.75 Å². The van der Waals surface area contributed by atoms with Gasteiger partial charge in [-0.2, -0.15) is 0 Å². The number of rotatable bonds is 9. The van der Waals surface area contributed by atoms with Gasteiger partial charge in [-0.3, -0.25) is 9.78 Å². The minimum Gasteiger partial charge on any atom is -0.494 e. The molecule has 0 aliphatic heterocycles. The summed E-state index contributed by atoms with van der Waals surface area (Å²) in [6.07, 6.45) is 4.31. The Bertz CT molecular complexity index is 986. The van der Waals surface area contributed by atoms with Gasteiger partial charge in [0.25, 0.3) is 5.91 Å². The largest absolute Gasteiger partial charge is 0.494 e. The standard InChI is InChI=1S/C25H26N2O4/c1-3-17-31-23-11-7-20(8-12-23)24(28)27(18-19-13-15-26-16-14-19)22-9-5-21(6-10-22)25(29)30-4-2/h5-16H,3-4,17-18H2,1-2H3. The lowest BCUT2D eigenvalue weighted by Crippen LogP contribution is -2.30. The van der Waals surface area contributed by atoms with Crippen LogP contribution < -0.4 is 9.64 Å². The second-order valence-corrected chi connectivity index (χ2v) is 6.89. The Morgan fingerprint density at radius 1 is 0.871 bits per heavy atom. The SMILES string of the molecule is CCCOc1ccc(C(=O)N(Cc2ccncc2)c2ccc(C(=O)OCC)cc2)cc1. The maximum Gasteiger partial charge on any atom is 0.338 e. The van der Waals surface area contributed by atoms with Crippen molar-refractivity contribution in [2.24, 2.45) is 0 Å². The predicted molar refractivity (Wildman–Crippen MR) is 119 cm³/mol. The number of hydrogen-bond donors (Lipinski definition) is 0. The normalized spacial score (nSPS) is 10.4. The van der Waals surface area contributed by atoms with Gasteiger partial charge in [-0.25, -0.2) is 4.79 Å². The van der Waals surface area contributed by atoms with E-state index < -0.39 is 0 Å². The van der Waals surface area contributed by atoms with Crippen LogP contribution in [0, 0.1) is 0 Å². The van der Waals surface area contributed by atoms with Gasteiger partial charge in [0.15, 0.2) is 0 Å². The Hall–Kier alpha value is -3.67. The molecule has 0 saturated carbocycles. The molecule has 160 valence electrons. The molecule has 3 aromatic rings. The monoisotopic (exact) mass is 418 g/mol. The molecule has 2 aromatic carbocycles. The van der Waals surface area contributed by atoms with Crippen LogP contribution in [0.25, 0.3) is 0 Å². The van der Waals surface area contributed by atoms with E-state index in [4.69, 9.17) is 9.47 Å². The lowest BCUT2D eigenvalue weighted by Gasteiger charge is -2.23. The number of carbonyl (C=O) groups excluding carboxylic acids is 2. The van der Waals surface area contributed by atoms with E-state index in [1.807, 2.05) is 19.1 Å². The van der Waals surface area contributed by atoms with Crippen LogP contribution in [0.1, 0.15) is 46.5 Å². The third-order valence-electron chi connectivity index (χ3n) is 4.60. The quantitative estimate of drug-likeness (QED) is 0.463. The molecule has 0 atom stereocenters. The van der Waals surface area contributed by atoms with Gasteiger partial charge >= 0.3 is 5.97 Å². The van der Waals surface area contributed by atoms with Crippen LogP contribution in [-0.2, 0) is 11.3 Å². The topological polar surface area (TPSA) is 68.7 Å². The highest BCUT2D eigenvalue weighted by atomic mass is 16.5. The molecule has 31 heavy (non-hydrogen) atoms. The van der Waals surface area contributed by atoms with Gasteiger partial charge in [0.2, 0.25) is 0 Å². The molecule has 3 rings (SSSR count). The number of esters is 1. The molecular formula is C25H26N2O4. The minimum absolute atomic E-state index is 0.150. The minimum atomic E-state index is -0.385. The van der Waals surface area contributed by atoms with Crippen LogP contribution >= 0.6 is 0 Å². The first kappa shape index (κ1) is 22.0. The highest BCUT2D eigenvalue weighted by Gasteiger charge is 2.19. The number of carbonyl (C=O) groups is 2. The zero-order valence-corrected chi connectivity index (χ0v) is 17.8. The van der Waals surface area contributed by atoms with Gasteiger partial charge < -0.3 is 14.4 Å². The van der Waals surface area contributed by atoms with Crippen molar-refractivity contribution >= 4 is 17.6 Å². The first-order valence-corrected chi connectivity index (χ1v) is 10.3. The van der Waals surface area contributed by atoms with Crippen LogP contribution in [-0.4, -0.2) is 30.1 Å². The fourth-order valence-electron chi connectivity index (χ4n) is 3.01. The molecule has 6 nitrogen and oxygen atoms in total. The Morgan fingerprint density at radius 3 is 2.13 bits per heavy atom. The Kier molecular flexibility index (Phi) is 7.76. The molecule has 0 spiro atoms. The molecule has 0 saturated heterocycles. The second kappa shape index (κ2) is 10.9. The number of nitrogens with zero attached hydrogens (tertiary/aromatic N) is 2. The maximum absolute atomic E-state index is 13.4. The van der Waals surface area contributed by atoms with Gasteiger partial charge in [-0.1, -0.05) is 6.92 Å². The van der Waals surface area contributed by atoms with E-state index in [0.717, 1.165) is 17.7 Å². The fraction of sp³-hybridized carbons (Fsp3) is 0.240. The smallest absolute Gasteiger partial charge is 0.338 e. The predicted octanol–water partition coefficient (Wildman–Crippen LogP) is 4.89. The van der Waals surface area contributed by atoms with E-state index in [-0.39, 0.29) is 11.9 Å². The van der Waals surface area contributed by atoms with Crippen LogP contribution in [0.4, 0.5) is 5.69 Å². The van der Waals surface area contributed by atoms with Crippen molar-refractivity contribution in [3.63, 3.8) is 0 Å². The molecule has 1 aromatic heterocycles. The van der Waals surface area contributed by atoms with Crippen molar-refractivity contribution in [2.45, 2.75) is 26.8 Å². The summed E-state index contributed by atoms with van der Waals surface area (Å²) in [5, 5.41) is 0. The van der Waals surface area contributed by atoms with E-state index in [0.29, 0.717) is 36.6 Å². The number of anilines is 1. The summed E-state index contributed by atoms with van der Waals surface area (Å²) in [6, 6.07) is 17.7. The van der Waals surface area contributed by atoms with E-state index in [1.165, 1.54) is 0 Å². The van der Waals surface area contributed by atoms with Crippen LogP contribution in [0.3, 0.4) is 0 Å². The molecule has 0 fully saturated rings. The Morgan fingerprint density at radius 2 is 1.52 bits per heavy atom. The van der Waals surface area contributed by atoms with Gasteiger partial charge in [0.1, 0.15) is 5.75 Å².